The Morgan fingerprint density at radius 1 is 1.75 bits per heavy atom. The lowest BCUT2D eigenvalue weighted by molar-refractivity contribution is -0.139. The Morgan fingerprint density at radius 3 is 2.94 bits per heavy atom. The highest BCUT2D eigenvalue weighted by Crippen LogP contribution is 2.17. The fourth-order valence-corrected chi connectivity index (χ4v) is 1.80. The van der Waals surface area contributed by atoms with Crippen molar-refractivity contribution in [3.8, 4) is 0 Å². The number of hydrogen-bond donors (Lipinski definition) is 3. The van der Waals surface area contributed by atoms with Crippen LogP contribution in [0.25, 0.3) is 0 Å². The maximum Gasteiger partial charge on any atom is 0.305 e. The van der Waals surface area contributed by atoms with Crippen LogP contribution in [0, 0.1) is 6.92 Å². The van der Waals surface area contributed by atoms with E-state index in [0.717, 1.165) is 11.5 Å². The highest BCUT2D eigenvalue weighted by Gasteiger charge is 2.38. The number of carbonyl (C=O) groups is 1. The Labute approximate surface area is 93.0 Å². The van der Waals surface area contributed by atoms with Gasteiger partial charge in [0.2, 0.25) is 0 Å². The van der Waals surface area contributed by atoms with Crippen molar-refractivity contribution in [3.05, 3.63) is 17.5 Å². The lowest BCUT2D eigenvalue weighted by atomic mass is 9.88. The Kier molecular flexibility index (Phi) is 2.93. The van der Waals surface area contributed by atoms with Crippen LogP contribution in [-0.2, 0) is 11.3 Å². The van der Waals surface area contributed by atoms with Gasteiger partial charge in [0.25, 0.3) is 0 Å². The van der Waals surface area contributed by atoms with E-state index in [-0.39, 0.29) is 12.0 Å². The van der Waals surface area contributed by atoms with Gasteiger partial charge in [-0.05, 0) is 6.92 Å². The summed E-state index contributed by atoms with van der Waals surface area (Å²) >= 11 is 0. The Morgan fingerprint density at radius 2 is 2.50 bits per heavy atom. The van der Waals surface area contributed by atoms with Crippen molar-refractivity contribution in [1.82, 2.24) is 15.8 Å². The minimum absolute atomic E-state index is 0.118. The monoisotopic (exact) mass is 225 g/mol. The van der Waals surface area contributed by atoms with Crippen LogP contribution >= 0.6 is 0 Å². The standard InChI is InChI=1S/C10H15N3O3/c1-7-2-8(16-13-7)4-12-10(3-9(14)15)5-11-6-10/h2,11-12H,3-6H2,1H3,(H,14,15). The Hall–Kier alpha value is -1.40. The van der Waals surface area contributed by atoms with Gasteiger partial charge in [-0.25, -0.2) is 0 Å². The molecule has 0 spiro atoms. The van der Waals surface area contributed by atoms with Crippen molar-refractivity contribution in [2.24, 2.45) is 0 Å². The van der Waals surface area contributed by atoms with E-state index in [2.05, 4.69) is 15.8 Å². The fourth-order valence-electron chi connectivity index (χ4n) is 1.80. The van der Waals surface area contributed by atoms with E-state index in [9.17, 15) is 4.79 Å². The number of aryl methyl sites for hydroxylation is 1. The molecule has 3 N–H and O–H groups in total. The van der Waals surface area contributed by atoms with Gasteiger partial charge in [-0.1, -0.05) is 5.16 Å². The molecule has 0 unspecified atom stereocenters. The van der Waals surface area contributed by atoms with E-state index < -0.39 is 5.97 Å². The number of aromatic nitrogens is 1. The molecule has 0 aromatic carbocycles. The van der Waals surface area contributed by atoms with E-state index >= 15 is 0 Å². The zero-order valence-corrected chi connectivity index (χ0v) is 9.12. The molecule has 88 valence electrons. The number of carboxylic acid groups (broad SMARTS) is 1. The lowest BCUT2D eigenvalue weighted by Gasteiger charge is -2.42. The summed E-state index contributed by atoms with van der Waals surface area (Å²) in [6, 6.07) is 1.84. The molecule has 0 saturated carbocycles. The Bertz CT molecular complexity index is 384. The summed E-state index contributed by atoms with van der Waals surface area (Å²) in [5, 5.41) is 18.9. The van der Waals surface area contributed by atoms with E-state index in [4.69, 9.17) is 9.63 Å². The van der Waals surface area contributed by atoms with Gasteiger partial charge in [0.05, 0.1) is 24.2 Å². The first kappa shape index (κ1) is 11.1. The number of nitrogens with zero attached hydrogens (tertiary/aromatic N) is 1. The van der Waals surface area contributed by atoms with Gasteiger partial charge in [0.1, 0.15) is 0 Å². The molecule has 6 nitrogen and oxygen atoms in total. The molecule has 1 saturated heterocycles. The van der Waals surface area contributed by atoms with E-state index in [0.29, 0.717) is 19.6 Å². The number of nitrogens with one attached hydrogen (secondary N) is 2. The van der Waals surface area contributed by atoms with Gasteiger partial charge in [0.15, 0.2) is 5.76 Å². The third-order valence-electron chi connectivity index (χ3n) is 2.73. The van der Waals surface area contributed by atoms with Gasteiger partial charge >= 0.3 is 5.97 Å². The van der Waals surface area contributed by atoms with Gasteiger partial charge in [-0.3, -0.25) is 4.79 Å². The van der Waals surface area contributed by atoms with Crippen LogP contribution in [0.5, 0.6) is 0 Å². The molecule has 1 aliphatic rings. The normalized spacial score (nSPS) is 18.1. The molecule has 1 aromatic heterocycles. The molecule has 0 aliphatic carbocycles. The first-order valence-electron chi connectivity index (χ1n) is 5.19. The number of carboxylic acids is 1. The maximum absolute atomic E-state index is 10.7. The average molecular weight is 225 g/mol. The maximum atomic E-state index is 10.7. The van der Waals surface area contributed by atoms with Crippen molar-refractivity contribution < 1.29 is 14.4 Å². The predicted octanol–water partition coefficient (Wildman–Crippen LogP) is -0.111. The van der Waals surface area contributed by atoms with Crippen LogP contribution in [0.2, 0.25) is 0 Å². The van der Waals surface area contributed by atoms with Crippen LogP contribution in [0.3, 0.4) is 0 Å². The minimum atomic E-state index is -0.789. The molecule has 16 heavy (non-hydrogen) atoms. The van der Waals surface area contributed by atoms with Crippen LogP contribution < -0.4 is 10.6 Å². The molecular weight excluding hydrogens is 210 g/mol. The lowest BCUT2D eigenvalue weighted by Crippen LogP contribution is -2.68. The second-order valence-corrected chi connectivity index (χ2v) is 4.24. The van der Waals surface area contributed by atoms with Gasteiger partial charge in [-0.15, -0.1) is 0 Å². The number of hydrogen-bond acceptors (Lipinski definition) is 5. The van der Waals surface area contributed by atoms with Gasteiger partial charge < -0.3 is 20.3 Å². The third-order valence-corrected chi connectivity index (χ3v) is 2.73. The first-order chi connectivity index (χ1) is 7.60. The highest BCUT2D eigenvalue weighted by atomic mass is 16.5. The van der Waals surface area contributed by atoms with Crippen LogP contribution in [0.1, 0.15) is 17.9 Å². The molecule has 1 fully saturated rings. The molecule has 0 atom stereocenters. The van der Waals surface area contributed by atoms with E-state index in [1.165, 1.54) is 0 Å². The van der Waals surface area contributed by atoms with Crippen LogP contribution in [0.15, 0.2) is 10.6 Å². The van der Waals surface area contributed by atoms with E-state index in [1.54, 1.807) is 0 Å². The quantitative estimate of drug-likeness (QED) is 0.648. The molecule has 1 aromatic rings. The van der Waals surface area contributed by atoms with Gasteiger partial charge in [-0.2, -0.15) is 0 Å². The molecular formula is C10H15N3O3. The summed E-state index contributed by atoms with van der Waals surface area (Å²) in [5.74, 6) is -0.0584. The van der Waals surface area contributed by atoms with E-state index in [1.807, 2.05) is 13.0 Å². The SMILES string of the molecule is Cc1cc(CNC2(CC(=O)O)CNC2)on1. The summed E-state index contributed by atoms with van der Waals surface area (Å²) in [6.07, 6.45) is 0.118. The zero-order valence-electron chi connectivity index (χ0n) is 9.12. The summed E-state index contributed by atoms with van der Waals surface area (Å²) < 4.78 is 5.05. The Balaban J connectivity index is 1.90. The minimum Gasteiger partial charge on any atom is -0.481 e. The number of aliphatic carboxylic acids is 1. The predicted molar refractivity (Wildman–Crippen MR) is 55.9 cm³/mol. The third kappa shape index (κ3) is 2.40. The summed E-state index contributed by atoms with van der Waals surface area (Å²) in [5.41, 5.74) is 0.489. The zero-order chi connectivity index (χ0) is 11.6. The second-order valence-electron chi connectivity index (χ2n) is 4.24. The van der Waals surface area contributed by atoms with Crippen molar-refractivity contribution >= 4 is 5.97 Å². The molecule has 6 heteroatoms. The fraction of sp³-hybridized carbons (Fsp3) is 0.600. The topological polar surface area (TPSA) is 87.4 Å². The summed E-state index contributed by atoms with van der Waals surface area (Å²) in [6.45, 7) is 3.71. The molecule has 2 heterocycles. The van der Waals surface area contributed by atoms with Gasteiger partial charge in [0, 0.05) is 19.2 Å². The number of rotatable bonds is 5. The highest BCUT2D eigenvalue weighted by molar-refractivity contribution is 5.68. The largest absolute Gasteiger partial charge is 0.481 e. The van der Waals surface area contributed by atoms with Crippen LogP contribution in [0.4, 0.5) is 0 Å². The molecule has 1 aliphatic heterocycles. The average Bonchev–Trinajstić information content (AvgIpc) is 2.55. The molecule has 0 bridgehead atoms. The smallest absolute Gasteiger partial charge is 0.305 e. The van der Waals surface area contributed by atoms with Crippen LogP contribution in [-0.4, -0.2) is 34.9 Å². The summed E-state index contributed by atoms with van der Waals surface area (Å²) in [7, 11) is 0. The second kappa shape index (κ2) is 4.23. The molecule has 0 amide bonds. The molecule has 2 rings (SSSR count). The van der Waals surface area contributed by atoms with Crippen molar-refractivity contribution in [1.29, 1.82) is 0 Å². The first-order valence-corrected chi connectivity index (χ1v) is 5.19. The van der Waals surface area contributed by atoms with Crippen molar-refractivity contribution in [3.63, 3.8) is 0 Å². The summed E-state index contributed by atoms with van der Waals surface area (Å²) in [4.78, 5) is 10.7. The van der Waals surface area contributed by atoms with Crippen molar-refractivity contribution in [2.75, 3.05) is 13.1 Å². The molecule has 0 radical (unpaired) electrons. The van der Waals surface area contributed by atoms with Crippen molar-refractivity contribution in [2.45, 2.75) is 25.4 Å².